The van der Waals surface area contributed by atoms with Crippen LogP contribution in [-0.4, -0.2) is 43.4 Å². The Bertz CT molecular complexity index is 412. The predicted octanol–water partition coefficient (Wildman–Crippen LogP) is 2.63. The molecule has 2 aliphatic rings. The Morgan fingerprint density at radius 3 is 2.78 bits per heavy atom. The van der Waals surface area contributed by atoms with Crippen molar-refractivity contribution in [1.82, 2.24) is 4.90 Å². The molecule has 3 heterocycles. The maximum atomic E-state index is 10.7. The largest absolute Gasteiger partial charge is 0.369 e. The van der Waals surface area contributed by atoms with Crippen LogP contribution in [0.25, 0.3) is 0 Å². The van der Waals surface area contributed by atoms with Gasteiger partial charge in [-0.3, -0.25) is 9.69 Å². The molecule has 0 N–H and O–H groups in total. The fourth-order valence-corrected chi connectivity index (χ4v) is 3.85. The van der Waals surface area contributed by atoms with E-state index in [1.54, 1.807) is 11.3 Å². The lowest BCUT2D eigenvalue weighted by Gasteiger charge is -2.32. The van der Waals surface area contributed by atoms with Crippen LogP contribution >= 0.6 is 11.3 Å². The molecule has 1 unspecified atom stereocenters. The van der Waals surface area contributed by atoms with Gasteiger partial charge in [-0.25, -0.2) is 0 Å². The summed E-state index contributed by atoms with van der Waals surface area (Å²) in [5, 5.41) is 2.11. The van der Waals surface area contributed by atoms with Crippen LogP contribution in [0.2, 0.25) is 0 Å². The van der Waals surface area contributed by atoms with Crippen LogP contribution in [0, 0.1) is 0 Å². The number of thiophene rings is 1. The number of piperidine rings is 1. The number of hydrogen-bond acceptors (Lipinski definition) is 4. The maximum absolute atomic E-state index is 10.7. The van der Waals surface area contributed by atoms with Gasteiger partial charge in [-0.05, 0) is 38.4 Å². The van der Waals surface area contributed by atoms with Crippen molar-refractivity contribution >= 4 is 23.3 Å². The highest BCUT2D eigenvalue weighted by Crippen LogP contribution is 2.28. The summed E-state index contributed by atoms with van der Waals surface area (Å²) in [5.74, 6) is 0. The van der Waals surface area contributed by atoms with Crippen molar-refractivity contribution in [2.75, 3.05) is 31.1 Å². The van der Waals surface area contributed by atoms with Crippen LogP contribution in [0.5, 0.6) is 0 Å². The molecule has 3 rings (SSSR count). The molecule has 0 aromatic carbocycles. The summed E-state index contributed by atoms with van der Waals surface area (Å²) in [6.07, 6.45) is 6.35. The number of carbonyl (C=O) groups excluding carboxylic acids is 1. The first-order valence-corrected chi connectivity index (χ1v) is 7.77. The van der Waals surface area contributed by atoms with Gasteiger partial charge in [0.2, 0.25) is 0 Å². The molecule has 3 nitrogen and oxygen atoms in total. The van der Waals surface area contributed by atoms with E-state index < -0.39 is 0 Å². The van der Waals surface area contributed by atoms with Gasteiger partial charge < -0.3 is 4.90 Å². The summed E-state index contributed by atoms with van der Waals surface area (Å²) in [6.45, 7) is 4.83. The summed E-state index contributed by atoms with van der Waals surface area (Å²) in [6, 6.07) is 2.75. The Hall–Kier alpha value is -0.870. The first-order chi connectivity index (χ1) is 8.86. The molecule has 0 bridgehead atoms. The Morgan fingerprint density at radius 2 is 2.06 bits per heavy atom. The molecule has 98 valence electrons. The molecular weight excluding hydrogens is 244 g/mol. The molecule has 1 atom stereocenters. The Kier molecular flexibility index (Phi) is 3.66. The number of anilines is 1. The Labute approximate surface area is 112 Å². The van der Waals surface area contributed by atoms with Crippen molar-refractivity contribution in [3.8, 4) is 0 Å². The smallest absolute Gasteiger partial charge is 0.160 e. The Morgan fingerprint density at radius 1 is 1.22 bits per heavy atom. The number of aldehydes is 1. The standard InChI is InChI=1S/C14H20N2OS/c17-10-14-8-13(11-18-14)16-7-4-12(9-16)15-5-2-1-3-6-15/h8,10-12H,1-7,9H2. The molecule has 18 heavy (non-hydrogen) atoms. The summed E-state index contributed by atoms with van der Waals surface area (Å²) in [5.41, 5.74) is 1.24. The van der Waals surface area contributed by atoms with E-state index in [0.29, 0.717) is 0 Å². The van der Waals surface area contributed by atoms with E-state index in [2.05, 4.69) is 15.2 Å². The lowest BCUT2D eigenvalue weighted by atomic mass is 10.1. The first kappa shape index (κ1) is 12.2. The van der Waals surface area contributed by atoms with Crippen LogP contribution in [0.4, 0.5) is 5.69 Å². The topological polar surface area (TPSA) is 23.6 Å². The highest BCUT2D eigenvalue weighted by Gasteiger charge is 2.28. The maximum Gasteiger partial charge on any atom is 0.160 e. The molecule has 2 saturated heterocycles. The second-order valence-corrected chi connectivity index (χ2v) is 6.25. The third-order valence-corrected chi connectivity index (χ3v) is 5.00. The third-order valence-electron chi connectivity index (χ3n) is 4.16. The molecule has 0 radical (unpaired) electrons. The van der Waals surface area contributed by atoms with Crippen LogP contribution < -0.4 is 4.90 Å². The summed E-state index contributed by atoms with van der Waals surface area (Å²) >= 11 is 1.55. The molecule has 1 aromatic heterocycles. The zero-order valence-electron chi connectivity index (χ0n) is 10.7. The second kappa shape index (κ2) is 5.41. The number of likely N-dealkylation sites (tertiary alicyclic amines) is 1. The van der Waals surface area contributed by atoms with Crippen molar-refractivity contribution in [3.05, 3.63) is 16.3 Å². The quantitative estimate of drug-likeness (QED) is 0.784. The highest BCUT2D eigenvalue weighted by atomic mass is 32.1. The average Bonchev–Trinajstić information content (AvgIpc) is 3.08. The molecular formula is C14H20N2OS. The van der Waals surface area contributed by atoms with Gasteiger partial charge in [-0.2, -0.15) is 0 Å². The fourth-order valence-electron chi connectivity index (χ4n) is 3.13. The van der Waals surface area contributed by atoms with Gasteiger partial charge in [0, 0.05) is 30.2 Å². The summed E-state index contributed by atoms with van der Waals surface area (Å²) < 4.78 is 0. The van der Waals surface area contributed by atoms with Gasteiger partial charge >= 0.3 is 0 Å². The molecule has 2 aliphatic heterocycles. The zero-order chi connectivity index (χ0) is 12.4. The minimum atomic E-state index is 0.727. The van der Waals surface area contributed by atoms with Crippen molar-refractivity contribution in [2.24, 2.45) is 0 Å². The average molecular weight is 264 g/mol. The number of nitrogens with zero attached hydrogens (tertiary/aromatic N) is 2. The van der Waals surface area contributed by atoms with E-state index >= 15 is 0 Å². The molecule has 0 aliphatic carbocycles. The van der Waals surface area contributed by atoms with E-state index in [4.69, 9.17) is 0 Å². The molecule has 2 fully saturated rings. The summed E-state index contributed by atoms with van der Waals surface area (Å²) in [4.78, 5) is 16.7. The van der Waals surface area contributed by atoms with Crippen LogP contribution in [0.3, 0.4) is 0 Å². The third kappa shape index (κ3) is 2.45. The lowest BCUT2D eigenvalue weighted by molar-refractivity contribution is 0.112. The van der Waals surface area contributed by atoms with Crippen LogP contribution in [-0.2, 0) is 0 Å². The highest BCUT2D eigenvalue weighted by molar-refractivity contribution is 7.12. The molecule has 1 aromatic rings. The van der Waals surface area contributed by atoms with Gasteiger partial charge in [0.25, 0.3) is 0 Å². The normalized spacial score (nSPS) is 25.6. The van der Waals surface area contributed by atoms with Gasteiger partial charge in [-0.1, -0.05) is 6.42 Å². The Balaban J connectivity index is 1.62. The van der Waals surface area contributed by atoms with E-state index in [-0.39, 0.29) is 0 Å². The second-order valence-electron chi connectivity index (χ2n) is 5.31. The van der Waals surface area contributed by atoms with Crippen molar-refractivity contribution in [1.29, 1.82) is 0 Å². The van der Waals surface area contributed by atoms with Crippen molar-refractivity contribution in [2.45, 2.75) is 31.7 Å². The van der Waals surface area contributed by atoms with Gasteiger partial charge in [0.1, 0.15) is 0 Å². The number of hydrogen-bond donors (Lipinski definition) is 0. The number of carbonyl (C=O) groups is 1. The van der Waals surface area contributed by atoms with Crippen LogP contribution in [0.15, 0.2) is 11.4 Å². The summed E-state index contributed by atoms with van der Waals surface area (Å²) in [7, 11) is 0. The minimum Gasteiger partial charge on any atom is -0.369 e. The van der Waals surface area contributed by atoms with Crippen molar-refractivity contribution in [3.63, 3.8) is 0 Å². The monoisotopic (exact) mass is 264 g/mol. The van der Waals surface area contributed by atoms with Gasteiger partial charge in [0.05, 0.1) is 4.88 Å². The molecule has 0 spiro atoms. The van der Waals surface area contributed by atoms with Gasteiger partial charge in [-0.15, -0.1) is 11.3 Å². The van der Waals surface area contributed by atoms with E-state index in [1.807, 2.05) is 6.07 Å². The van der Waals surface area contributed by atoms with Gasteiger partial charge in [0.15, 0.2) is 6.29 Å². The zero-order valence-corrected chi connectivity index (χ0v) is 11.5. The predicted molar refractivity (Wildman–Crippen MR) is 75.7 cm³/mol. The minimum absolute atomic E-state index is 0.727. The molecule has 0 saturated carbocycles. The van der Waals surface area contributed by atoms with E-state index in [9.17, 15) is 4.79 Å². The fraction of sp³-hybridized carbons (Fsp3) is 0.643. The molecule has 4 heteroatoms. The molecule has 0 amide bonds. The van der Waals surface area contributed by atoms with E-state index in [1.165, 1.54) is 44.5 Å². The first-order valence-electron chi connectivity index (χ1n) is 6.89. The lowest BCUT2D eigenvalue weighted by Crippen LogP contribution is -2.40. The van der Waals surface area contributed by atoms with E-state index in [0.717, 1.165) is 30.3 Å². The van der Waals surface area contributed by atoms with Crippen LogP contribution in [0.1, 0.15) is 35.4 Å². The van der Waals surface area contributed by atoms with Crippen molar-refractivity contribution < 1.29 is 4.79 Å². The number of rotatable bonds is 3. The SMILES string of the molecule is O=Cc1cc(N2CCC(N3CCCCC3)C2)cs1.